The highest BCUT2D eigenvalue weighted by atomic mass is 32.2. The SMILES string of the molecule is CC#CC.COC(=O)NCC(=O)N[C@H](c1ccc([C@@H](CO)N(CCC(C)(C)C)S(=O)(=O)c2ccc(OC)c(N)c2)s1)C(F)(F)F.c1ccc(Cc2ccccc2)cc1. The maximum atomic E-state index is 13.9. The van der Waals surface area contributed by atoms with Gasteiger partial charge in [-0.05, 0) is 73.6 Å². The number of aliphatic hydroxyl groups excluding tert-OH is 1. The molecule has 0 radical (unpaired) electrons. The van der Waals surface area contributed by atoms with Gasteiger partial charge in [-0.15, -0.1) is 23.2 Å². The number of carbonyl (C=O) groups excluding carboxylic acids is 2. The van der Waals surface area contributed by atoms with Crippen molar-refractivity contribution in [3.8, 4) is 17.6 Å². The molecule has 0 aliphatic rings. The van der Waals surface area contributed by atoms with Crippen molar-refractivity contribution >= 4 is 39.0 Å². The molecule has 316 valence electrons. The molecule has 0 fully saturated rings. The molecule has 0 unspecified atom stereocenters. The lowest BCUT2D eigenvalue weighted by Gasteiger charge is -2.32. The molecule has 0 aliphatic carbocycles. The van der Waals surface area contributed by atoms with Crippen LogP contribution in [0.15, 0.2) is 95.9 Å². The van der Waals surface area contributed by atoms with Gasteiger partial charge < -0.3 is 30.9 Å². The Hall–Kier alpha value is -5.08. The number of amides is 2. The number of methoxy groups -OCH3 is 2. The van der Waals surface area contributed by atoms with E-state index in [2.05, 4.69) is 77.2 Å². The van der Waals surface area contributed by atoms with Gasteiger partial charge in [0.1, 0.15) is 12.3 Å². The molecule has 2 amide bonds. The van der Waals surface area contributed by atoms with Crippen molar-refractivity contribution in [2.45, 2.75) is 70.6 Å². The summed E-state index contributed by atoms with van der Waals surface area (Å²) in [5.41, 5.74) is 8.41. The van der Waals surface area contributed by atoms with Gasteiger partial charge in [-0.3, -0.25) is 4.79 Å². The van der Waals surface area contributed by atoms with E-state index in [0.29, 0.717) is 17.8 Å². The van der Waals surface area contributed by atoms with Gasteiger partial charge in [0.15, 0.2) is 6.04 Å². The van der Waals surface area contributed by atoms with Crippen molar-refractivity contribution in [1.29, 1.82) is 0 Å². The number of aliphatic hydroxyl groups is 1. The van der Waals surface area contributed by atoms with Crippen LogP contribution < -0.4 is 21.1 Å². The number of hydrogen-bond acceptors (Lipinski definition) is 9. The van der Waals surface area contributed by atoms with E-state index >= 15 is 0 Å². The van der Waals surface area contributed by atoms with Crippen LogP contribution in [-0.4, -0.2) is 69.9 Å². The number of carbonyl (C=O) groups is 2. The molecule has 1 aromatic heterocycles. The molecule has 3 aromatic carbocycles. The third-order valence-corrected chi connectivity index (χ3v) is 11.4. The van der Waals surface area contributed by atoms with E-state index in [9.17, 15) is 36.3 Å². The van der Waals surface area contributed by atoms with Crippen LogP contribution in [0.5, 0.6) is 5.75 Å². The summed E-state index contributed by atoms with van der Waals surface area (Å²) in [4.78, 5) is 22.9. The largest absolute Gasteiger partial charge is 0.495 e. The average molecular weight is 847 g/mol. The van der Waals surface area contributed by atoms with Crippen molar-refractivity contribution in [2.75, 3.05) is 39.6 Å². The predicted molar refractivity (Wildman–Crippen MR) is 222 cm³/mol. The molecule has 0 aliphatic heterocycles. The van der Waals surface area contributed by atoms with Gasteiger partial charge in [-0.25, -0.2) is 13.2 Å². The Kier molecular flexibility index (Phi) is 19.8. The lowest BCUT2D eigenvalue weighted by molar-refractivity contribution is -0.162. The fourth-order valence-corrected chi connectivity index (χ4v) is 7.99. The number of halogens is 3. The second-order valence-electron chi connectivity index (χ2n) is 13.8. The third kappa shape index (κ3) is 16.0. The molecule has 11 nitrogen and oxygen atoms in total. The van der Waals surface area contributed by atoms with E-state index in [0.717, 1.165) is 23.9 Å². The first-order chi connectivity index (χ1) is 27.3. The van der Waals surface area contributed by atoms with Gasteiger partial charge in [0.25, 0.3) is 0 Å². The Morgan fingerprint density at radius 2 is 1.45 bits per heavy atom. The molecule has 0 saturated carbocycles. The maximum absolute atomic E-state index is 13.9. The Morgan fingerprint density at radius 3 is 1.90 bits per heavy atom. The Morgan fingerprint density at radius 1 is 0.897 bits per heavy atom. The standard InChI is InChI=1S/C25H35F3N4O7S2.C13H12.C4H6/c1-24(2,3)10-11-32(41(36,37)15-6-7-18(38-4)16(29)12-15)17(14-33)19-8-9-20(40-19)22(25(26,27)28)31-21(34)13-30-23(35)39-5;1-3-7-12(8-4-1)11-13-9-5-2-6-10-13;1-3-4-2/h6-9,12,17,22,33H,10-11,13-14,29H2,1-5H3,(H,30,35)(H,31,34);1-10H,11H2;1-2H3/t17-,22-;;/m1../s1. The molecule has 58 heavy (non-hydrogen) atoms. The number of hydrogen-bond donors (Lipinski definition) is 4. The minimum Gasteiger partial charge on any atom is -0.495 e. The Balaban J connectivity index is 0.000000558. The highest BCUT2D eigenvalue weighted by Crippen LogP contribution is 2.40. The zero-order valence-corrected chi connectivity index (χ0v) is 35.4. The maximum Gasteiger partial charge on any atom is 0.413 e. The van der Waals surface area contributed by atoms with Crippen LogP contribution in [-0.2, 0) is 26.0 Å². The number of nitrogens with one attached hydrogen (secondary N) is 2. The van der Waals surface area contributed by atoms with Crippen LogP contribution in [0.2, 0.25) is 0 Å². The zero-order valence-electron chi connectivity index (χ0n) is 33.7. The number of nitrogen functional groups attached to an aromatic ring is 1. The normalized spacial score (nSPS) is 12.3. The average Bonchev–Trinajstić information content (AvgIpc) is 3.67. The molecule has 0 spiro atoms. The zero-order chi connectivity index (χ0) is 43.5. The number of benzene rings is 3. The van der Waals surface area contributed by atoms with E-state index in [1.54, 1.807) is 0 Å². The number of nitrogens with zero attached hydrogens (tertiary/aromatic N) is 1. The van der Waals surface area contributed by atoms with Crippen molar-refractivity contribution in [3.05, 3.63) is 112 Å². The summed E-state index contributed by atoms with van der Waals surface area (Å²) < 4.78 is 79.9. The first-order valence-electron chi connectivity index (χ1n) is 18.1. The lowest BCUT2D eigenvalue weighted by atomic mass is 9.92. The minimum atomic E-state index is -4.92. The topological polar surface area (TPSA) is 160 Å². The van der Waals surface area contributed by atoms with Crippen LogP contribution in [0.25, 0.3) is 0 Å². The minimum absolute atomic E-state index is 0.0607. The molecule has 4 rings (SSSR count). The highest BCUT2D eigenvalue weighted by molar-refractivity contribution is 7.89. The number of anilines is 1. The fraction of sp³-hybridized carbons (Fsp3) is 0.381. The van der Waals surface area contributed by atoms with Gasteiger partial charge in [-0.1, -0.05) is 81.4 Å². The highest BCUT2D eigenvalue weighted by Gasteiger charge is 2.43. The first-order valence-corrected chi connectivity index (χ1v) is 20.3. The number of rotatable bonds is 14. The number of ether oxygens (including phenoxy) is 2. The van der Waals surface area contributed by atoms with Crippen molar-refractivity contribution in [1.82, 2.24) is 14.9 Å². The van der Waals surface area contributed by atoms with E-state index < -0.39 is 53.4 Å². The predicted octanol–water partition coefficient (Wildman–Crippen LogP) is 7.88. The first kappa shape index (κ1) is 49.1. The van der Waals surface area contributed by atoms with Crippen molar-refractivity contribution in [3.63, 3.8) is 0 Å². The Bertz CT molecular complexity index is 2000. The van der Waals surface area contributed by atoms with Gasteiger partial charge in [0, 0.05) is 16.3 Å². The molecule has 5 N–H and O–H groups in total. The van der Waals surface area contributed by atoms with Gasteiger partial charge in [0.05, 0.1) is 37.5 Å². The van der Waals surface area contributed by atoms with E-state index in [4.69, 9.17) is 10.5 Å². The molecule has 1 heterocycles. The molecule has 0 saturated heterocycles. The van der Waals surface area contributed by atoms with E-state index in [1.165, 1.54) is 42.5 Å². The van der Waals surface area contributed by atoms with Crippen LogP contribution in [0.3, 0.4) is 0 Å². The van der Waals surface area contributed by atoms with Crippen LogP contribution in [0.1, 0.15) is 74.0 Å². The van der Waals surface area contributed by atoms with Crippen molar-refractivity contribution < 1.29 is 45.8 Å². The van der Waals surface area contributed by atoms with Gasteiger partial charge in [-0.2, -0.15) is 17.5 Å². The number of nitrogens with two attached hydrogens (primary N) is 1. The summed E-state index contributed by atoms with van der Waals surface area (Å²) in [6, 6.07) is 23.6. The summed E-state index contributed by atoms with van der Waals surface area (Å²) in [6.45, 7) is 7.76. The van der Waals surface area contributed by atoms with Crippen LogP contribution >= 0.6 is 11.3 Å². The Labute approximate surface area is 343 Å². The molecular weight excluding hydrogens is 794 g/mol. The van der Waals surface area contributed by atoms with Gasteiger partial charge in [0.2, 0.25) is 15.9 Å². The number of alkyl halides is 3. The van der Waals surface area contributed by atoms with Gasteiger partial charge >= 0.3 is 12.3 Å². The second-order valence-corrected chi connectivity index (χ2v) is 16.8. The molecule has 16 heteroatoms. The summed E-state index contributed by atoms with van der Waals surface area (Å²) in [5.74, 6) is 4.49. The third-order valence-electron chi connectivity index (χ3n) is 8.23. The van der Waals surface area contributed by atoms with E-state index in [1.807, 2.05) is 45.3 Å². The quantitative estimate of drug-likeness (QED) is 0.0737. The van der Waals surface area contributed by atoms with E-state index in [-0.39, 0.29) is 38.0 Å². The molecule has 0 bridgehead atoms. The number of alkyl carbamates (subject to hydrolysis) is 1. The fourth-order valence-electron chi connectivity index (χ4n) is 5.10. The second kappa shape index (κ2) is 23.4. The summed E-state index contributed by atoms with van der Waals surface area (Å²) in [5, 5.41) is 14.2. The molecule has 4 aromatic rings. The smallest absolute Gasteiger partial charge is 0.413 e. The summed E-state index contributed by atoms with van der Waals surface area (Å²) >= 11 is 0.596. The molecule has 2 atom stereocenters. The number of sulfonamides is 1. The van der Waals surface area contributed by atoms with Crippen LogP contribution in [0.4, 0.5) is 23.7 Å². The van der Waals surface area contributed by atoms with Crippen LogP contribution in [0, 0.1) is 17.3 Å². The lowest BCUT2D eigenvalue weighted by Crippen LogP contribution is -2.43. The number of thiophene rings is 1. The summed E-state index contributed by atoms with van der Waals surface area (Å²) in [7, 11) is -1.90. The van der Waals surface area contributed by atoms with Crippen molar-refractivity contribution in [2.24, 2.45) is 5.41 Å². The summed E-state index contributed by atoms with van der Waals surface area (Å²) in [6.07, 6.45) is -4.53. The molecular formula is C42H53F3N4O7S2. The monoisotopic (exact) mass is 846 g/mol.